The molecule has 0 bridgehead atoms. The zero-order chi connectivity index (χ0) is 26.1. The standard InChI is InChI=1S/C13H20O2Si.C8H12Si.C5H8N2O2/c1-5-15-13(14)11(2)16(3,4)12-9-7-6-8-10-12;1-9(2)8-6-4-3-5-7-8;1-3-9-5(8)4(2)7-6/h6-11H,5H2,1-4H3;3-7,9H,1-2H3;3H2,1-2H3/t11-;;/m0../s1. The van der Waals surface area contributed by atoms with Crippen LogP contribution in [0.2, 0.25) is 31.7 Å². The summed E-state index contributed by atoms with van der Waals surface area (Å²) in [6, 6.07) is 21.0. The lowest BCUT2D eigenvalue weighted by Crippen LogP contribution is -2.48. The minimum atomic E-state index is -1.76. The molecule has 0 aromatic heterocycles. The van der Waals surface area contributed by atoms with Gasteiger partial charge in [0.2, 0.25) is 0 Å². The van der Waals surface area contributed by atoms with Crippen molar-refractivity contribution in [2.45, 2.75) is 59.4 Å². The molecule has 0 heterocycles. The fourth-order valence-corrected chi connectivity index (χ4v) is 6.01. The van der Waals surface area contributed by atoms with Crippen molar-refractivity contribution >= 4 is 44.9 Å². The lowest BCUT2D eigenvalue weighted by molar-refractivity contribution is -0.142. The molecule has 0 N–H and O–H groups in total. The van der Waals surface area contributed by atoms with Gasteiger partial charge in [-0.3, -0.25) is 4.79 Å². The first-order valence-electron chi connectivity index (χ1n) is 11.7. The van der Waals surface area contributed by atoms with Crippen LogP contribution in [0.1, 0.15) is 27.7 Å². The van der Waals surface area contributed by atoms with E-state index in [9.17, 15) is 9.59 Å². The smallest absolute Gasteiger partial charge is 0.416 e. The Labute approximate surface area is 207 Å². The van der Waals surface area contributed by atoms with Crippen LogP contribution >= 0.6 is 0 Å². The quantitative estimate of drug-likeness (QED) is 0.188. The molecular formula is C26H40N2O4Si2. The van der Waals surface area contributed by atoms with E-state index in [0.29, 0.717) is 13.2 Å². The van der Waals surface area contributed by atoms with Crippen LogP contribution in [0.3, 0.4) is 0 Å². The SMILES string of the molecule is CCOC(=O)C(C)=[N+]=[N-].CCOC(=O)[C@H](C)[Si](C)(C)c1ccccc1.C[SiH](C)c1ccccc1. The highest BCUT2D eigenvalue weighted by Crippen LogP contribution is 2.22. The van der Waals surface area contributed by atoms with E-state index in [1.54, 1.807) is 12.1 Å². The average Bonchev–Trinajstić information content (AvgIpc) is 2.85. The predicted molar refractivity (Wildman–Crippen MR) is 146 cm³/mol. The second-order valence-corrected chi connectivity index (χ2v) is 16.4. The van der Waals surface area contributed by atoms with Gasteiger partial charge in [-0.15, -0.1) is 0 Å². The Hall–Kier alpha value is -2.81. The van der Waals surface area contributed by atoms with Crippen LogP contribution < -0.4 is 10.4 Å². The summed E-state index contributed by atoms with van der Waals surface area (Å²) in [6.45, 7) is 16.8. The molecule has 2 aromatic carbocycles. The van der Waals surface area contributed by atoms with Crippen molar-refractivity contribution in [2.24, 2.45) is 0 Å². The Bertz CT molecular complexity index is 913. The van der Waals surface area contributed by atoms with Gasteiger partial charge in [-0.2, -0.15) is 4.79 Å². The van der Waals surface area contributed by atoms with Crippen LogP contribution in [0.15, 0.2) is 60.7 Å². The van der Waals surface area contributed by atoms with E-state index in [-0.39, 0.29) is 17.2 Å². The van der Waals surface area contributed by atoms with Gasteiger partial charge in [-0.25, -0.2) is 4.79 Å². The summed E-state index contributed by atoms with van der Waals surface area (Å²) >= 11 is 0. The van der Waals surface area contributed by atoms with E-state index in [1.807, 2.05) is 32.0 Å². The molecule has 8 heteroatoms. The molecule has 0 aliphatic rings. The average molecular weight is 501 g/mol. The fourth-order valence-electron chi connectivity index (χ4n) is 2.79. The normalized spacial score (nSPS) is 11.0. The van der Waals surface area contributed by atoms with Crippen molar-refractivity contribution in [3.8, 4) is 0 Å². The minimum Gasteiger partial charge on any atom is -0.466 e. The highest BCUT2D eigenvalue weighted by atomic mass is 28.3. The highest BCUT2D eigenvalue weighted by molar-refractivity contribution is 6.93. The first-order chi connectivity index (χ1) is 16.0. The van der Waals surface area contributed by atoms with E-state index in [4.69, 9.17) is 10.3 Å². The molecule has 6 nitrogen and oxygen atoms in total. The van der Waals surface area contributed by atoms with E-state index in [0.717, 1.165) is 0 Å². The number of nitrogens with zero attached hydrogens (tertiary/aromatic N) is 2. The predicted octanol–water partition coefficient (Wildman–Crippen LogP) is 4.18. The number of rotatable bonds is 7. The van der Waals surface area contributed by atoms with Crippen LogP contribution in [0.5, 0.6) is 0 Å². The number of esters is 2. The molecule has 2 aromatic rings. The summed E-state index contributed by atoms with van der Waals surface area (Å²) in [5.41, 5.74) is 7.98. The van der Waals surface area contributed by atoms with Gasteiger partial charge in [0.15, 0.2) is 0 Å². The van der Waals surface area contributed by atoms with E-state index < -0.39 is 22.8 Å². The maximum Gasteiger partial charge on any atom is 0.416 e. The summed E-state index contributed by atoms with van der Waals surface area (Å²) in [6.07, 6.45) is 0. The summed E-state index contributed by atoms with van der Waals surface area (Å²) in [5, 5.41) is 2.85. The van der Waals surface area contributed by atoms with Gasteiger partial charge in [0, 0.05) is 6.92 Å². The van der Waals surface area contributed by atoms with Gasteiger partial charge < -0.3 is 15.0 Å². The lowest BCUT2D eigenvalue weighted by Gasteiger charge is -2.28. The van der Waals surface area contributed by atoms with Gasteiger partial charge in [0.1, 0.15) is 0 Å². The van der Waals surface area contributed by atoms with Crippen molar-refractivity contribution in [1.82, 2.24) is 0 Å². The van der Waals surface area contributed by atoms with Crippen molar-refractivity contribution in [3.63, 3.8) is 0 Å². The third kappa shape index (κ3) is 11.4. The number of ether oxygens (including phenoxy) is 2. The summed E-state index contributed by atoms with van der Waals surface area (Å²) in [7, 11) is -2.29. The Morgan fingerprint density at radius 1 is 0.941 bits per heavy atom. The summed E-state index contributed by atoms with van der Waals surface area (Å²) in [5.74, 6) is -0.650. The van der Waals surface area contributed by atoms with Crippen LogP contribution in [0.4, 0.5) is 0 Å². The topological polar surface area (TPSA) is 89.0 Å². The third-order valence-electron chi connectivity index (χ3n) is 5.43. The molecule has 0 saturated carbocycles. The third-order valence-corrected chi connectivity index (χ3v) is 11.4. The van der Waals surface area contributed by atoms with Crippen LogP contribution in [0, 0.1) is 0 Å². The van der Waals surface area contributed by atoms with Crippen molar-refractivity contribution in [1.29, 1.82) is 0 Å². The van der Waals surface area contributed by atoms with E-state index >= 15 is 0 Å². The summed E-state index contributed by atoms with van der Waals surface area (Å²) < 4.78 is 9.57. The number of hydrogen-bond acceptors (Lipinski definition) is 4. The zero-order valence-corrected chi connectivity index (χ0v) is 24.0. The second-order valence-electron chi connectivity index (χ2n) is 8.53. The second kappa shape index (κ2) is 16.8. The molecule has 34 heavy (non-hydrogen) atoms. The molecule has 0 aliphatic carbocycles. The molecule has 0 radical (unpaired) electrons. The van der Waals surface area contributed by atoms with Gasteiger partial charge in [0.05, 0.1) is 35.6 Å². The molecule has 0 fully saturated rings. The Morgan fingerprint density at radius 2 is 1.41 bits per heavy atom. The molecular weight excluding hydrogens is 460 g/mol. The molecule has 0 spiro atoms. The minimum absolute atomic E-state index is 0.00477. The molecule has 186 valence electrons. The van der Waals surface area contributed by atoms with Gasteiger partial charge in [0.25, 0.3) is 0 Å². The first kappa shape index (κ1) is 31.2. The van der Waals surface area contributed by atoms with Gasteiger partial charge in [-0.1, -0.05) is 104 Å². The molecule has 0 saturated heterocycles. The molecule has 0 amide bonds. The number of hydrogen-bond donors (Lipinski definition) is 0. The maximum absolute atomic E-state index is 11.8. The van der Waals surface area contributed by atoms with Crippen LogP contribution in [-0.4, -0.2) is 52.5 Å². The van der Waals surface area contributed by atoms with Crippen LogP contribution in [0.25, 0.3) is 5.53 Å². The molecule has 0 unspecified atom stereocenters. The Morgan fingerprint density at radius 3 is 1.79 bits per heavy atom. The number of carbonyl (C=O) groups excluding carboxylic acids is 2. The largest absolute Gasteiger partial charge is 0.466 e. The van der Waals surface area contributed by atoms with Crippen molar-refractivity contribution < 1.29 is 23.9 Å². The summed E-state index contributed by atoms with van der Waals surface area (Å²) in [4.78, 5) is 24.9. The lowest BCUT2D eigenvalue weighted by atomic mass is 10.4. The van der Waals surface area contributed by atoms with Crippen molar-refractivity contribution in [2.75, 3.05) is 13.2 Å². The number of carbonyl (C=O) groups is 2. The maximum atomic E-state index is 11.8. The first-order valence-corrected chi connectivity index (χ1v) is 17.6. The van der Waals surface area contributed by atoms with Gasteiger partial charge in [-0.05, 0) is 13.8 Å². The fraction of sp³-hybridized carbons (Fsp3) is 0.423. The molecule has 0 aliphatic heterocycles. The van der Waals surface area contributed by atoms with E-state index in [2.05, 4.69) is 78.2 Å². The Balaban J connectivity index is 0.000000518. The Kier molecular flexibility index (Phi) is 15.4. The highest BCUT2D eigenvalue weighted by Gasteiger charge is 2.36. The monoisotopic (exact) mass is 500 g/mol. The molecule has 1 atom stereocenters. The number of benzene rings is 2. The molecule has 2 rings (SSSR count). The van der Waals surface area contributed by atoms with E-state index in [1.165, 1.54) is 12.1 Å². The zero-order valence-electron chi connectivity index (χ0n) is 21.9. The van der Waals surface area contributed by atoms with Crippen LogP contribution in [-0.2, 0) is 19.1 Å². The van der Waals surface area contributed by atoms with Gasteiger partial charge >= 0.3 is 17.7 Å². The van der Waals surface area contributed by atoms with Crippen molar-refractivity contribution in [3.05, 3.63) is 66.2 Å².